The molecule has 1 aromatic rings. The van der Waals surface area contributed by atoms with Gasteiger partial charge in [0.25, 0.3) is 0 Å². The standard InChI is InChI=1S/C13H15NO4S/c1-18-11(16)8-3-4-10(15)9(7-8)14-12(17)13(19-2)5-6-13/h3-4,7,15H,5-6H2,1-2H3,(H,14,17). The van der Waals surface area contributed by atoms with E-state index in [4.69, 9.17) is 0 Å². The summed E-state index contributed by atoms with van der Waals surface area (Å²) in [5.41, 5.74) is 0.512. The molecule has 1 fully saturated rings. The third-order valence-corrected chi connectivity index (χ3v) is 4.55. The Bertz CT molecular complexity index is 525. The van der Waals surface area contributed by atoms with Crippen molar-refractivity contribution in [1.82, 2.24) is 0 Å². The van der Waals surface area contributed by atoms with Gasteiger partial charge in [0.05, 0.1) is 23.1 Å². The number of hydrogen-bond donors (Lipinski definition) is 2. The molecule has 19 heavy (non-hydrogen) atoms. The molecule has 6 heteroatoms. The average Bonchev–Trinajstić information content (AvgIpc) is 3.21. The van der Waals surface area contributed by atoms with Crippen LogP contribution in [-0.4, -0.2) is 35.1 Å². The number of hydrogen-bond acceptors (Lipinski definition) is 5. The number of esters is 1. The van der Waals surface area contributed by atoms with Crippen LogP contribution in [0.15, 0.2) is 18.2 Å². The van der Waals surface area contributed by atoms with Crippen LogP contribution in [0.2, 0.25) is 0 Å². The summed E-state index contributed by atoms with van der Waals surface area (Å²) >= 11 is 1.50. The molecule has 0 saturated heterocycles. The van der Waals surface area contributed by atoms with Crippen LogP contribution in [0.5, 0.6) is 5.75 Å². The van der Waals surface area contributed by atoms with E-state index < -0.39 is 5.97 Å². The number of benzene rings is 1. The summed E-state index contributed by atoms with van der Waals surface area (Å²) in [5, 5.41) is 12.4. The summed E-state index contributed by atoms with van der Waals surface area (Å²) in [6.45, 7) is 0. The number of anilines is 1. The van der Waals surface area contributed by atoms with E-state index in [1.165, 1.54) is 37.1 Å². The van der Waals surface area contributed by atoms with Gasteiger partial charge in [-0.3, -0.25) is 4.79 Å². The van der Waals surface area contributed by atoms with Crippen LogP contribution in [0.3, 0.4) is 0 Å². The number of thioether (sulfide) groups is 1. The van der Waals surface area contributed by atoms with E-state index in [1.54, 1.807) is 0 Å². The van der Waals surface area contributed by atoms with E-state index in [-0.39, 0.29) is 27.7 Å². The Balaban J connectivity index is 2.20. The number of phenols is 1. The summed E-state index contributed by atoms with van der Waals surface area (Å²) < 4.78 is 4.22. The molecule has 1 saturated carbocycles. The van der Waals surface area contributed by atoms with Gasteiger partial charge in [0.1, 0.15) is 5.75 Å². The number of amides is 1. The van der Waals surface area contributed by atoms with Crippen molar-refractivity contribution >= 4 is 29.3 Å². The number of carbonyl (C=O) groups is 2. The fraction of sp³-hybridized carbons (Fsp3) is 0.385. The summed E-state index contributed by atoms with van der Waals surface area (Å²) in [4.78, 5) is 23.5. The fourth-order valence-corrected chi connectivity index (χ4v) is 2.50. The molecule has 0 aromatic heterocycles. The molecule has 0 atom stereocenters. The summed E-state index contributed by atoms with van der Waals surface area (Å²) in [5.74, 6) is -0.725. The molecular formula is C13H15NO4S. The third kappa shape index (κ3) is 2.68. The number of methoxy groups -OCH3 is 1. The first kappa shape index (κ1) is 13.7. The zero-order chi connectivity index (χ0) is 14.0. The molecule has 2 N–H and O–H groups in total. The van der Waals surface area contributed by atoms with Gasteiger partial charge in [-0.25, -0.2) is 4.79 Å². The van der Waals surface area contributed by atoms with E-state index >= 15 is 0 Å². The van der Waals surface area contributed by atoms with Gasteiger partial charge >= 0.3 is 5.97 Å². The van der Waals surface area contributed by atoms with Crippen LogP contribution in [0.25, 0.3) is 0 Å². The predicted molar refractivity (Wildman–Crippen MR) is 73.6 cm³/mol. The highest BCUT2D eigenvalue weighted by atomic mass is 32.2. The van der Waals surface area contributed by atoms with E-state index in [1.807, 2.05) is 6.26 Å². The van der Waals surface area contributed by atoms with Crippen LogP contribution < -0.4 is 5.32 Å². The number of carbonyl (C=O) groups excluding carboxylic acids is 2. The highest BCUT2D eigenvalue weighted by Crippen LogP contribution is 2.48. The van der Waals surface area contributed by atoms with E-state index in [0.29, 0.717) is 0 Å². The molecule has 102 valence electrons. The van der Waals surface area contributed by atoms with Gasteiger partial charge in [-0.05, 0) is 37.3 Å². The maximum Gasteiger partial charge on any atom is 0.337 e. The monoisotopic (exact) mass is 281 g/mol. The van der Waals surface area contributed by atoms with Crippen LogP contribution in [0.4, 0.5) is 5.69 Å². The molecule has 0 heterocycles. The highest BCUT2D eigenvalue weighted by Gasteiger charge is 2.49. The van der Waals surface area contributed by atoms with Crippen molar-refractivity contribution in [2.24, 2.45) is 0 Å². The molecule has 0 unspecified atom stereocenters. The van der Waals surface area contributed by atoms with Gasteiger partial charge in [0, 0.05) is 0 Å². The molecule has 0 radical (unpaired) electrons. The van der Waals surface area contributed by atoms with Crippen LogP contribution >= 0.6 is 11.8 Å². The fourth-order valence-electron chi connectivity index (χ4n) is 1.75. The second kappa shape index (κ2) is 5.13. The van der Waals surface area contributed by atoms with Crippen LogP contribution in [0, 0.1) is 0 Å². The zero-order valence-corrected chi connectivity index (χ0v) is 11.5. The van der Waals surface area contributed by atoms with Crippen molar-refractivity contribution in [1.29, 1.82) is 0 Å². The number of ether oxygens (including phenoxy) is 1. The van der Waals surface area contributed by atoms with Gasteiger partial charge < -0.3 is 15.2 Å². The molecule has 0 spiro atoms. The summed E-state index contributed by atoms with van der Waals surface area (Å²) in [6.07, 6.45) is 3.55. The Morgan fingerprint density at radius 3 is 2.63 bits per heavy atom. The third-order valence-electron chi connectivity index (χ3n) is 3.17. The number of nitrogens with one attached hydrogen (secondary N) is 1. The lowest BCUT2D eigenvalue weighted by Gasteiger charge is -2.14. The molecule has 1 aliphatic rings. The minimum Gasteiger partial charge on any atom is -0.506 e. The Kier molecular flexibility index (Phi) is 3.71. The Labute approximate surface area is 115 Å². The lowest BCUT2D eigenvalue weighted by atomic mass is 10.2. The van der Waals surface area contributed by atoms with Crippen molar-refractivity contribution in [3.05, 3.63) is 23.8 Å². The summed E-state index contributed by atoms with van der Waals surface area (Å²) in [7, 11) is 1.28. The second-order valence-corrected chi connectivity index (χ2v) is 5.57. The maximum atomic E-state index is 12.1. The molecule has 0 bridgehead atoms. The lowest BCUT2D eigenvalue weighted by molar-refractivity contribution is -0.116. The minimum atomic E-state index is -0.512. The van der Waals surface area contributed by atoms with Crippen molar-refractivity contribution in [2.45, 2.75) is 17.6 Å². The topological polar surface area (TPSA) is 75.6 Å². The van der Waals surface area contributed by atoms with E-state index in [9.17, 15) is 14.7 Å². The SMILES string of the molecule is COC(=O)c1ccc(O)c(NC(=O)C2(SC)CC2)c1. The van der Waals surface area contributed by atoms with Crippen molar-refractivity contribution in [3.8, 4) is 5.75 Å². The van der Waals surface area contributed by atoms with Gasteiger partial charge in [-0.1, -0.05) is 0 Å². The average molecular weight is 281 g/mol. The van der Waals surface area contributed by atoms with E-state index in [2.05, 4.69) is 10.1 Å². The quantitative estimate of drug-likeness (QED) is 0.652. The largest absolute Gasteiger partial charge is 0.506 e. The normalized spacial score (nSPS) is 15.7. The Morgan fingerprint density at radius 1 is 1.42 bits per heavy atom. The smallest absolute Gasteiger partial charge is 0.337 e. The number of aromatic hydroxyl groups is 1. The second-order valence-electron chi connectivity index (χ2n) is 4.38. The minimum absolute atomic E-state index is 0.0714. The number of rotatable bonds is 4. The Hall–Kier alpha value is -1.69. The molecule has 0 aliphatic heterocycles. The van der Waals surface area contributed by atoms with E-state index in [0.717, 1.165) is 12.8 Å². The summed E-state index contributed by atoms with van der Waals surface area (Å²) in [6, 6.07) is 4.22. The predicted octanol–water partition coefficient (Wildman–Crippen LogP) is 2.01. The lowest BCUT2D eigenvalue weighted by Crippen LogP contribution is -2.26. The van der Waals surface area contributed by atoms with Crippen LogP contribution in [-0.2, 0) is 9.53 Å². The molecule has 1 amide bonds. The van der Waals surface area contributed by atoms with Crippen LogP contribution in [0.1, 0.15) is 23.2 Å². The zero-order valence-electron chi connectivity index (χ0n) is 10.7. The molecule has 1 aliphatic carbocycles. The van der Waals surface area contributed by atoms with Gasteiger partial charge in [0.15, 0.2) is 0 Å². The van der Waals surface area contributed by atoms with Crippen molar-refractivity contribution in [2.75, 3.05) is 18.7 Å². The first-order chi connectivity index (χ1) is 9.02. The molecule has 1 aromatic carbocycles. The molecule has 2 rings (SSSR count). The maximum absolute atomic E-state index is 12.1. The first-order valence-corrected chi connectivity index (χ1v) is 7.03. The van der Waals surface area contributed by atoms with Gasteiger partial charge in [-0.15, -0.1) is 11.8 Å². The molecular weight excluding hydrogens is 266 g/mol. The van der Waals surface area contributed by atoms with Gasteiger partial charge in [-0.2, -0.15) is 0 Å². The Morgan fingerprint density at radius 2 is 2.11 bits per heavy atom. The van der Waals surface area contributed by atoms with Gasteiger partial charge in [0.2, 0.25) is 5.91 Å². The highest BCUT2D eigenvalue weighted by molar-refractivity contribution is 8.01. The van der Waals surface area contributed by atoms with Crippen molar-refractivity contribution < 1.29 is 19.4 Å². The number of phenolic OH excluding ortho intramolecular Hbond substituents is 1. The first-order valence-electron chi connectivity index (χ1n) is 5.80. The molecule has 5 nitrogen and oxygen atoms in total. The van der Waals surface area contributed by atoms with Crippen molar-refractivity contribution in [3.63, 3.8) is 0 Å².